The topological polar surface area (TPSA) is 62.8 Å². The van der Waals surface area contributed by atoms with Gasteiger partial charge in [-0.3, -0.25) is 10.7 Å². The zero-order valence-corrected chi connectivity index (χ0v) is 5.41. The molecule has 0 saturated heterocycles. The van der Waals surface area contributed by atoms with E-state index in [0.717, 1.165) is 17.8 Å². The van der Waals surface area contributed by atoms with E-state index in [4.69, 9.17) is 5.73 Å². The maximum absolute atomic E-state index is 5.47. The predicted octanol–water partition coefficient (Wildman–Crippen LogP) is -0.411. The Hall–Kier alpha value is -1.16. The minimum atomic E-state index is -0.311. The molecule has 0 saturated carbocycles. The number of nitrogens with zero attached hydrogens (tertiary/aromatic N) is 2. The largest absolute Gasteiger partial charge is 0.336 e. The van der Waals surface area contributed by atoms with E-state index in [0.29, 0.717) is 0 Å². The van der Waals surface area contributed by atoms with E-state index in [1.165, 1.54) is 0 Å². The van der Waals surface area contributed by atoms with Crippen LogP contribution in [-0.4, -0.2) is 18.7 Å². The first-order chi connectivity index (χ1) is 4.86. The standard InChI is InChI=1S/C6H8N4/c7-6-9-3-4-1-2-8-5(4)10-6/h2-3,6,10H,1,7H2. The number of nitrogens with one attached hydrogen (secondary N) is 1. The van der Waals surface area contributed by atoms with E-state index >= 15 is 0 Å². The van der Waals surface area contributed by atoms with Crippen LogP contribution in [0.5, 0.6) is 0 Å². The first kappa shape index (κ1) is 5.61. The third kappa shape index (κ3) is 0.733. The Labute approximate surface area is 58.5 Å². The Balaban J connectivity index is 2.28. The summed E-state index contributed by atoms with van der Waals surface area (Å²) in [5.74, 6) is 0.877. The van der Waals surface area contributed by atoms with Crippen molar-refractivity contribution in [2.24, 2.45) is 15.7 Å². The van der Waals surface area contributed by atoms with Gasteiger partial charge in [0.25, 0.3) is 0 Å². The average molecular weight is 136 g/mol. The third-order valence-corrected chi connectivity index (χ3v) is 1.51. The van der Waals surface area contributed by atoms with Crippen LogP contribution in [0.4, 0.5) is 0 Å². The van der Waals surface area contributed by atoms with E-state index in [9.17, 15) is 0 Å². The van der Waals surface area contributed by atoms with Gasteiger partial charge in [0.1, 0.15) is 5.82 Å². The molecule has 0 radical (unpaired) electrons. The Morgan fingerprint density at radius 2 is 2.60 bits per heavy atom. The molecule has 0 aliphatic carbocycles. The molecule has 2 heterocycles. The van der Waals surface area contributed by atoms with Gasteiger partial charge in [0.2, 0.25) is 0 Å². The molecule has 4 heteroatoms. The second-order valence-corrected chi connectivity index (χ2v) is 2.26. The van der Waals surface area contributed by atoms with Gasteiger partial charge in [0.05, 0.1) is 0 Å². The van der Waals surface area contributed by atoms with Crippen molar-refractivity contribution in [3.63, 3.8) is 0 Å². The summed E-state index contributed by atoms with van der Waals surface area (Å²) in [6, 6.07) is 0. The van der Waals surface area contributed by atoms with Crippen LogP contribution < -0.4 is 11.1 Å². The van der Waals surface area contributed by atoms with Crippen LogP contribution in [0, 0.1) is 0 Å². The molecule has 2 aliphatic heterocycles. The third-order valence-electron chi connectivity index (χ3n) is 1.51. The summed E-state index contributed by atoms with van der Waals surface area (Å²) in [5.41, 5.74) is 6.60. The average Bonchev–Trinajstić information content (AvgIpc) is 2.33. The van der Waals surface area contributed by atoms with Crippen molar-refractivity contribution in [1.29, 1.82) is 0 Å². The van der Waals surface area contributed by atoms with Crippen LogP contribution in [-0.2, 0) is 0 Å². The van der Waals surface area contributed by atoms with E-state index in [1.54, 1.807) is 6.21 Å². The summed E-state index contributed by atoms with van der Waals surface area (Å²) in [5, 5.41) is 2.94. The normalized spacial score (nSPS) is 28.7. The van der Waals surface area contributed by atoms with Crippen molar-refractivity contribution in [2.75, 3.05) is 0 Å². The molecule has 10 heavy (non-hydrogen) atoms. The number of hydrogen-bond acceptors (Lipinski definition) is 4. The van der Waals surface area contributed by atoms with E-state index < -0.39 is 0 Å². The van der Waals surface area contributed by atoms with Gasteiger partial charge in [0, 0.05) is 24.4 Å². The molecular weight excluding hydrogens is 128 g/mol. The molecule has 0 aromatic heterocycles. The van der Waals surface area contributed by atoms with Crippen LogP contribution in [0.3, 0.4) is 0 Å². The van der Waals surface area contributed by atoms with Gasteiger partial charge in [-0.05, 0) is 0 Å². The van der Waals surface area contributed by atoms with Crippen molar-refractivity contribution < 1.29 is 0 Å². The summed E-state index contributed by atoms with van der Waals surface area (Å²) in [4.78, 5) is 8.06. The van der Waals surface area contributed by atoms with Crippen molar-refractivity contribution in [3.05, 3.63) is 11.4 Å². The van der Waals surface area contributed by atoms with Gasteiger partial charge in [-0.15, -0.1) is 0 Å². The van der Waals surface area contributed by atoms with Crippen LogP contribution in [0.25, 0.3) is 0 Å². The second-order valence-electron chi connectivity index (χ2n) is 2.26. The lowest BCUT2D eigenvalue weighted by Gasteiger charge is -2.14. The number of aliphatic imine (C=N–C) groups is 2. The van der Waals surface area contributed by atoms with Crippen molar-refractivity contribution in [1.82, 2.24) is 5.32 Å². The highest BCUT2D eigenvalue weighted by Crippen LogP contribution is 2.14. The van der Waals surface area contributed by atoms with Crippen LogP contribution in [0.1, 0.15) is 6.42 Å². The zero-order valence-electron chi connectivity index (χ0n) is 5.41. The van der Waals surface area contributed by atoms with E-state index in [-0.39, 0.29) is 6.29 Å². The Morgan fingerprint density at radius 3 is 3.50 bits per heavy atom. The Kier molecular flexibility index (Phi) is 1.07. The molecule has 0 amide bonds. The summed E-state index contributed by atoms with van der Waals surface area (Å²) in [6.45, 7) is 0. The van der Waals surface area contributed by atoms with Crippen LogP contribution >= 0.6 is 0 Å². The molecule has 4 nitrogen and oxygen atoms in total. The number of nitrogens with two attached hydrogens (primary N) is 1. The quantitative estimate of drug-likeness (QED) is 0.475. The summed E-state index contributed by atoms with van der Waals surface area (Å²) in [7, 11) is 0. The fourth-order valence-electron chi connectivity index (χ4n) is 1.01. The molecule has 2 aliphatic rings. The van der Waals surface area contributed by atoms with E-state index in [1.807, 2.05) is 6.21 Å². The minimum absolute atomic E-state index is 0.311. The molecule has 0 aromatic carbocycles. The predicted molar refractivity (Wildman–Crippen MR) is 39.7 cm³/mol. The van der Waals surface area contributed by atoms with E-state index in [2.05, 4.69) is 15.3 Å². The highest BCUT2D eigenvalue weighted by molar-refractivity contribution is 5.88. The molecule has 0 aromatic rings. The van der Waals surface area contributed by atoms with Gasteiger partial charge in [-0.1, -0.05) is 0 Å². The summed E-state index contributed by atoms with van der Waals surface area (Å²) < 4.78 is 0. The van der Waals surface area contributed by atoms with Crippen molar-refractivity contribution >= 4 is 12.4 Å². The monoisotopic (exact) mass is 136 g/mol. The first-order valence-corrected chi connectivity index (χ1v) is 3.17. The highest BCUT2D eigenvalue weighted by Gasteiger charge is 2.14. The fourth-order valence-corrected chi connectivity index (χ4v) is 1.01. The van der Waals surface area contributed by atoms with Gasteiger partial charge >= 0.3 is 0 Å². The Bertz CT molecular complexity index is 238. The fraction of sp³-hybridized carbons (Fsp3) is 0.333. The van der Waals surface area contributed by atoms with Gasteiger partial charge in [0.15, 0.2) is 6.29 Å². The highest BCUT2D eigenvalue weighted by atomic mass is 15.2. The van der Waals surface area contributed by atoms with Crippen LogP contribution in [0.15, 0.2) is 21.4 Å². The molecule has 0 spiro atoms. The van der Waals surface area contributed by atoms with Gasteiger partial charge < -0.3 is 5.32 Å². The molecule has 0 bridgehead atoms. The van der Waals surface area contributed by atoms with Gasteiger partial charge in [-0.25, -0.2) is 4.99 Å². The first-order valence-electron chi connectivity index (χ1n) is 3.17. The molecule has 3 N–H and O–H groups in total. The zero-order chi connectivity index (χ0) is 6.97. The smallest absolute Gasteiger partial charge is 0.172 e. The Morgan fingerprint density at radius 1 is 1.70 bits per heavy atom. The SMILES string of the molecule is NC1N=CC2=C(N=CC2)N1. The number of hydrogen-bond donors (Lipinski definition) is 2. The molecule has 1 atom stereocenters. The van der Waals surface area contributed by atoms with Gasteiger partial charge in [-0.2, -0.15) is 0 Å². The number of rotatable bonds is 0. The summed E-state index contributed by atoms with van der Waals surface area (Å²) in [6.07, 6.45) is 4.19. The molecular formula is C6H8N4. The molecule has 2 rings (SSSR count). The second kappa shape index (κ2) is 1.91. The van der Waals surface area contributed by atoms with Crippen LogP contribution in [0.2, 0.25) is 0 Å². The number of allylic oxidation sites excluding steroid dienone is 1. The lowest BCUT2D eigenvalue weighted by Crippen LogP contribution is -2.37. The van der Waals surface area contributed by atoms with Crippen molar-refractivity contribution in [2.45, 2.75) is 12.7 Å². The maximum atomic E-state index is 5.47. The summed E-state index contributed by atoms with van der Waals surface area (Å²) >= 11 is 0. The maximum Gasteiger partial charge on any atom is 0.172 e. The lowest BCUT2D eigenvalue weighted by molar-refractivity contribution is 0.604. The minimum Gasteiger partial charge on any atom is -0.336 e. The molecule has 1 unspecified atom stereocenters. The van der Waals surface area contributed by atoms with Crippen molar-refractivity contribution in [3.8, 4) is 0 Å². The molecule has 0 fully saturated rings. The molecule has 52 valence electrons. The lowest BCUT2D eigenvalue weighted by atomic mass is 10.2.